The Kier molecular flexibility index (Phi) is 2.25. The Morgan fingerprint density at radius 2 is 2.12 bits per heavy atom. The molecule has 0 radical (unpaired) electrons. The van der Waals surface area contributed by atoms with Gasteiger partial charge in [0.1, 0.15) is 0 Å². The van der Waals surface area contributed by atoms with Crippen LogP contribution in [0.25, 0.3) is 0 Å². The topological polar surface area (TPSA) is 44.9 Å². The first-order valence-corrected chi connectivity index (χ1v) is 6.06. The summed E-state index contributed by atoms with van der Waals surface area (Å²) >= 11 is 1.70. The third-order valence-corrected chi connectivity index (χ3v) is 3.42. The molecule has 0 aliphatic carbocycles. The molecule has 0 saturated carbocycles. The predicted molar refractivity (Wildman–Crippen MR) is 62.6 cm³/mol. The molecule has 3 rings (SSSR count). The van der Waals surface area contributed by atoms with Crippen LogP contribution in [-0.2, 0) is 0 Å². The molecule has 1 aliphatic heterocycles. The summed E-state index contributed by atoms with van der Waals surface area (Å²) in [5.41, 5.74) is 2.27. The Hall–Kier alpha value is -1.62. The predicted octanol–water partition coefficient (Wildman–Crippen LogP) is 1.36. The number of thioether (sulfide) groups is 1. The molecule has 1 N–H and O–H groups in total. The molecule has 0 bridgehead atoms. The van der Waals surface area contributed by atoms with E-state index in [1.165, 1.54) is 5.56 Å². The molecule has 1 aromatic carbocycles. The van der Waals surface area contributed by atoms with Crippen molar-refractivity contribution in [3.63, 3.8) is 0 Å². The van der Waals surface area contributed by atoms with Crippen LogP contribution in [0.5, 0.6) is 0 Å². The van der Waals surface area contributed by atoms with Crippen molar-refractivity contribution in [3.8, 4) is 0 Å². The third-order valence-electron chi connectivity index (χ3n) is 2.48. The van der Waals surface area contributed by atoms with E-state index in [-0.39, 0.29) is 0 Å². The molecule has 1 aliphatic rings. The van der Waals surface area contributed by atoms with Gasteiger partial charge >= 0.3 is 5.16 Å². The highest BCUT2D eigenvalue weighted by atomic mass is 32.2. The lowest BCUT2D eigenvalue weighted by molar-refractivity contribution is -0.722. The van der Waals surface area contributed by atoms with Gasteiger partial charge < -0.3 is 0 Å². The number of rotatable bonds is 1. The second-order valence-corrected chi connectivity index (χ2v) is 4.55. The van der Waals surface area contributed by atoms with E-state index < -0.39 is 0 Å². The maximum absolute atomic E-state index is 4.59. The largest absolute Gasteiger partial charge is 0.360 e. The highest BCUT2D eigenvalue weighted by Gasteiger charge is 2.24. The van der Waals surface area contributed by atoms with Crippen LogP contribution in [0.4, 0.5) is 0 Å². The number of hydrogen-bond donors (Lipinski definition) is 1. The van der Waals surface area contributed by atoms with E-state index in [1.54, 1.807) is 11.8 Å². The molecule has 2 aromatic rings. The molecule has 0 fully saturated rings. The first-order chi connectivity index (χ1) is 7.84. The molecular formula is C11H11N4S+. The van der Waals surface area contributed by atoms with Gasteiger partial charge in [-0.15, -0.1) is 10.2 Å². The number of aromatic nitrogens is 3. The number of benzene rings is 1. The molecule has 0 saturated heterocycles. The molecule has 80 valence electrons. The normalized spacial score (nSPS) is 14.4. The monoisotopic (exact) mass is 231 g/mol. The van der Waals surface area contributed by atoms with Crippen LogP contribution in [-0.4, -0.2) is 21.7 Å². The SMILES string of the molecule is Cc1[nH]nc2[n+]1N=C(c1ccccc1)CS2. The van der Waals surface area contributed by atoms with E-state index in [4.69, 9.17) is 0 Å². The molecule has 5 heteroatoms. The highest BCUT2D eigenvalue weighted by molar-refractivity contribution is 7.99. The summed E-state index contributed by atoms with van der Waals surface area (Å²) in [5.74, 6) is 1.82. The van der Waals surface area contributed by atoms with Gasteiger partial charge in [-0.25, -0.2) is 0 Å². The number of nitrogens with one attached hydrogen (secondary N) is 1. The molecule has 1 aromatic heterocycles. The average molecular weight is 231 g/mol. The van der Waals surface area contributed by atoms with Crippen LogP contribution in [0.1, 0.15) is 11.4 Å². The van der Waals surface area contributed by atoms with Gasteiger partial charge in [-0.1, -0.05) is 35.0 Å². The van der Waals surface area contributed by atoms with Crippen LogP contribution in [0.3, 0.4) is 0 Å². The standard InChI is InChI=1S/C11H10N4S/c1-8-12-13-11-15(8)14-10(7-16-11)9-5-3-2-4-6-9/h2-6H,7H2,1H3/p+1. The quantitative estimate of drug-likeness (QED) is 0.753. The minimum Gasteiger partial charge on any atom is -0.122 e. The van der Waals surface area contributed by atoms with Gasteiger partial charge in [0, 0.05) is 6.92 Å². The summed E-state index contributed by atoms with van der Waals surface area (Å²) in [6.07, 6.45) is 0. The first kappa shape index (κ1) is 9.59. The summed E-state index contributed by atoms with van der Waals surface area (Å²) < 4.78 is 1.86. The Balaban J connectivity index is 2.07. The summed E-state index contributed by atoms with van der Waals surface area (Å²) in [6, 6.07) is 10.2. The van der Waals surface area contributed by atoms with E-state index in [9.17, 15) is 0 Å². The maximum atomic E-state index is 4.59. The van der Waals surface area contributed by atoms with Gasteiger partial charge in [-0.05, 0) is 17.3 Å². The molecule has 0 amide bonds. The third kappa shape index (κ3) is 1.53. The summed E-state index contributed by atoms with van der Waals surface area (Å²) in [4.78, 5) is 0. The lowest BCUT2D eigenvalue weighted by atomic mass is 10.1. The number of H-pyrrole nitrogens is 1. The Morgan fingerprint density at radius 3 is 2.94 bits per heavy atom. The highest BCUT2D eigenvalue weighted by Crippen LogP contribution is 2.17. The molecule has 4 nitrogen and oxygen atoms in total. The molecule has 2 heterocycles. The number of aryl methyl sites for hydroxylation is 1. The lowest BCUT2D eigenvalue weighted by Crippen LogP contribution is -2.37. The zero-order valence-electron chi connectivity index (χ0n) is 8.84. The number of fused-ring (bicyclic) bond motifs is 1. The van der Waals surface area contributed by atoms with E-state index in [2.05, 4.69) is 27.4 Å². The fraction of sp³-hybridized carbons (Fsp3) is 0.182. The summed E-state index contributed by atoms with van der Waals surface area (Å²) in [5, 5.41) is 12.6. The second-order valence-electron chi connectivity index (χ2n) is 3.60. The first-order valence-electron chi connectivity index (χ1n) is 5.08. The van der Waals surface area contributed by atoms with Crippen LogP contribution in [0.2, 0.25) is 0 Å². The van der Waals surface area contributed by atoms with Crippen molar-refractivity contribution in [3.05, 3.63) is 41.7 Å². The summed E-state index contributed by atoms with van der Waals surface area (Å²) in [7, 11) is 0. The minimum absolute atomic E-state index is 0.869. The Bertz CT molecular complexity index is 544. The van der Waals surface area contributed by atoms with Crippen molar-refractivity contribution < 1.29 is 4.68 Å². The van der Waals surface area contributed by atoms with Crippen molar-refractivity contribution in [2.24, 2.45) is 5.10 Å². The van der Waals surface area contributed by atoms with E-state index in [0.29, 0.717) is 0 Å². The van der Waals surface area contributed by atoms with Crippen molar-refractivity contribution in [2.75, 3.05) is 5.75 Å². The van der Waals surface area contributed by atoms with Gasteiger partial charge in [0.25, 0.3) is 5.82 Å². The van der Waals surface area contributed by atoms with E-state index >= 15 is 0 Å². The van der Waals surface area contributed by atoms with Crippen LogP contribution in [0, 0.1) is 6.92 Å². The van der Waals surface area contributed by atoms with Gasteiger partial charge in [-0.2, -0.15) is 0 Å². The molecule has 0 unspecified atom stereocenters. The van der Waals surface area contributed by atoms with Crippen LogP contribution in [0.15, 0.2) is 40.6 Å². The molecule has 0 spiro atoms. The number of nitrogens with zero attached hydrogens (tertiary/aromatic N) is 3. The van der Waals surface area contributed by atoms with Gasteiger partial charge in [0.15, 0.2) is 0 Å². The van der Waals surface area contributed by atoms with Crippen molar-refractivity contribution in [2.45, 2.75) is 12.1 Å². The van der Waals surface area contributed by atoms with Crippen LogP contribution < -0.4 is 4.68 Å². The van der Waals surface area contributed by atoms with Crippen molar-refractivity contribution >= 4 is 17.5 Å². The zero-order chi connectivity index (χ0) is 11.0. The van der Waals surface area contributed by atoms with E-state index in [0.717, 1.165) is 22.4 Å². The van der Waals surface area contributed by atoms with Crippen molar-refractivity contribution in [1.82, 2.24) is 10.2 Å². The van der Waals surface area contributed by atoms with E-state index in [1.807, 2.05) is 29.8 Å². The van der Waals surface area contributed by atoms with Gasteiger partial charge in [0.2, 0.25) is 0 Å². The number of aromatic amines is 1. The minimum atomic E-state index is 0.869. The fourth-order valence-electron chi connectivity index (χ4n) is 1.63. The fourth-order valence-corrected chi connectivity index (χ4v) is 2.53. The molecular weight excluding hydrogens is 220 g/mol. The van der Waals surface area contributed by atoms with Gasteiger partial charge in [-0.3, -0.25) is 0 Å². The molecule has 16 heavy (non-hydrogen) atoms. The number of hydrogen-bond acceptors (Lipinski definition) is 3. The van der Waals surface area contributed by atoms with Crippen LogP contribution >= 0.6 is 11.8 Å². The maximum Gasteiger partial charge on any atom is 0.360 e. The average Bonchev–Trinajstić information content (AvgIpc) is 2.72. The molecule has 0 atom stereocenters. The Morgan fingerprint density at radius 1 is 1.31 bits per heavy atom. The lowest BCUT2D eigenvalue weighted by Gasteiger charge is -2.08. The Labute approximate surface area is 97.4 Å². The smallest absolute Gasteiger partial charge is 0.122 e. The second kappa shape index (κ2) is 3.75. The summed E-state index contributed by atoms with van der Waals surface area (Å²) in [6.45, 7) is 1.97. The van der Waals surface area contributed by atoms with Crippen molar-refractivity contribution in [1.29, 1.82) is 0 Å². The zero-order valence-corrected chi connectivity index (χ0v) is 9.66. The van der Waals surface area contributed by atoms with Gasteiger partial charge in [0.05, 0.1) is 16.6 Å².